The van der Waals surface area contributed by atoms with Gasteiger partial charge in [-0.2, -0.15) is 0 Å². The van der Waals surface area contributed by atoms with Crippen LogP contribution in [0.3, 0.4) is 0 Å². The highest BCUT2D eigenvalue weighted by Gasteiger charge is 2.39. The maximum Gasteiger partial charge on any atom is 0.192 e. The molecule has 0 unspecified atom stereocenters. The Labute approximate surface area is 115 Å². The van der Waals surface area contributed by atoms with Crippen molar-refractivity contribution in [3.63, 3.8) is 0 Å². The minimum Gasteiger partial charge on any atom is -0.414 e. The van der Waals surface area contributed by atoms with Crippen molar-refractivity contribution in [2.75, 3.05) is 0 Å². The second-order valence-corrected chi connectivity index (χ2v) is 12.2. The van der Waals surface area contributed by atoms with Gasteiger partial charge in [-0.25, -0.2) is 0 Å². The van der Waals surface area contributed by atoms with Crippen LogP contribution in [0.5, 0.6) is 0 Å². The fraction of sp³-hybridized carbons (Fsp3) is 0.875. The van der Waals surface area contributed by atoms with E-state index in [1.807, 2.05) is 0 Å². The van der Waals surface area contributed by atoms with Crippen molar-refractivity contribution in [3.8, 4) is 0 Å². The molecule has 1 fully saturated rings. The molecule has 0 amide bonds. The van der Waals surface area contributed by atoms with Crippen LogP contribution in [-0.4, -0.2) is 14.4 Å². The van der Waals surface area contributed by atoms with Gasteiger partial charge in [0.15, 0.2) is 8.32 Å². The van der Waals surface area contributed by atoms with E-state index in [9.17, 15) is 0 Å². The molecule has 0 bridgehead atoms. The SMILES string of the molecule is C=CCC[C@H]1CCC[C@@H](O[Si](C)(C)C(C)(C)C)C1. The third-order valence-corrected chi connectivity index (χ3v) is 9.32. The van der Waals surface area contributed by atoms with E-state index in [1.165, 1.54) is 32.1 Å². The van der Waals surface area contributed by atoms with Gasteiger partial charge in [-0.05, 0) is 49.7 Å². The molecule has 1 rings (SSSR count). The van der Waals surface area contributed by atoms with E-state index in [1.54, 1.807) is 0 Å². The quantitative estimate of drug-likeness (QED) is 0.470. The van der Waals surface area contributed by atoms with Gasteiger partial charge in [0.2, 0.25) is 0 Å². The fourth-order valence-electron chi connectivity index (χ4n) is 2.56. The van der Waals surface area contributed by atoms with Gasteiger partial charge in [0.25, 0.3) is 0 Å². The Morgan fingerprint density at radius 1 is 1.28 bits per heavy atom. The molecule has 0 aromatic rings. The first-order chi connectivity index (χ1) is 8.26. The van der Waals surface area contributed by atoms with E-state index in [4.69, 9.17) is 4.43 Å². The lowest BCUT2D eigenvalue weighted by atomic mass is 9.84. The molecular weight excluding hydrogens is 236 g/mol. The molecule has 0 aliphatic heterocycles. The average Bonchev–Trinajstić information content (AvgIpc) is 2.24. The third kappa shape index (κ3) is 4.54. The molecule has 18 heavy (non-hydrogen) atoms. The minimum atomic E-state index is -1.57. The molecule has 0 saturated heterocycles. The maximum absolute atomic E-state index is 6.57. The molecule has 106 valence electrons. The van der Waals surface area contributed by atoms with Crippen LogP contribution in [0.25, 0.3) is 0 Å². The summed E-state index contributed by atoms with van der Waals surface area (Å²) in [6.07, 6.45) is 10.3. The van der Waals surface area contributed by atoms with E-state index in [0.717, 1.165) is 12.3 Å². The van der Waals surface area contributed by atoms with Crippen LogP contribution < -0.4 is 0 Å². The van der Waals surface area contributed by atoms with Crippen molar-refractivity contribution in [3.05, 3.63) is 12.7 Å². The largest absolute Gasteiger partial charge is 0.414 e. The number of allylic oxidation sites excluding steroid dienone is 1. The Morgan fingerprint density at radius 2 is 1.94 bits per heavy atom. The summed E-state index contributed by atoms with van der Waals surface area (Å²) in [4.78, 5) is 0. The first-order valence-electron chi connectivity index (χ1n) is 7.55. The van der Waals surface area contributed by atoms with Gasteiger partial charge >= 0.3 is 0 Å². The summed E-state index contributed by atoms with van der Waals surface area (Å²) in [5.41, 5.74) is 0. The molecule has 0 heterocycles. The van der Waals surface area contributed by atoms with Gasteiger partial charge in [0, 0.05) is 6.10 Å². The second kappa shape index (κ2) is 6.38. The summed E-state index contributed by atoms with van der Waals surface area (Å²) < 4.78 is 6.57. The predicted molar refractivity (Wildman–Crippen MR) is 83.5 cm³/mol. The van der Waals surface area contributed by atoms with Crippen LogP contribution in [-0.2, 0) is 4.43 Å². The van der Waals surface area contributed by atoms with Crippen molar-refractivity contribution >= 4 is 8.32 Å². The Morgan fingerprint density at radius 3 is 2.50 bits per heavy atom. The van der Waals surface area contributed by atoms with Gasteiger partial charge in [0.05, 0.1) is 0 Å². The van der Waals surface area contributed by atoms with Crippen LogP contribution in [0.1, 0.15) is 59.3 Å². The van der Waals surface area contributed by atoms with Gasteiger partial charge in [-0.3, -0.25) is 0 Å². The molecule has 1 saturated carbocycles. The standard InChI is InChI=1S/C16H32OSi/c1-7-8-10-14-11-9-12-15(13-14)17-18(5,6)16(2,3)4/h7,14-15H,1,8-13H2,2-6H3/t14-,15+/m0/s1. The first-order valence-corrected chi connectivity index (χ1v) is 10.5. The maximum atomic E-state index is 6.57. The normalized spacial score (nSPS) is 26.1. The molecular formula is C16H32OSi. The summed E-state index contributed by atoms with van der Waals surface area (Å²) in [6, 6.07) is 0. The predicted octanol–water partition coefficient (Wildman–Crippen LogP) is 5.53. The molecule has 1 aliphatic rings. The average molecular weight is 269 g/mol. The Balaban J connectivity index is 2.49. The first kappa shape index (κ1) is 16.0. The van der Waals surface area contributed by atoms with Gasteiger partial charge < -0.3 is 4.43 Å². The molecule has 0 N–H and O–H groups in total. The Kier molecular flexibility index (Phi) is 5.66. The van der Waals surface area contributed by atoms with Crippen molar-refractivity contribution in [2.45, 2.75) is 83.5 Å². The van der Waals surface area contributed by atoms with Crippen LogP contribution in [0, 0.1) is 5.92 Å². The zero-order valence-electron chi connectivity index (χ0n) is 13.1. The Hall–Kier alpha value is -0.0831. The lowest BCUT2D eigenvalue weighted by molar-refractivity contribution is 0.107. The molecule has 1 aliphatic carbocycles. The van der Waals surface area contributed by atoms with E-state index in [2.05, 4.69) is 46.5 Å². The van der Waals surface area contributed by atoms with Crippen LogP contribution in [0.2, 0.25) is 18.1 Å². The lowest BCUT2D eigenvalue weighted by Crippen LogP contribution is -2.45. The number of rotatable bonds is 5. The van der Waals surface area contributed by atoms with E-state index in [-0.39, 0.29) is 0 Å². The lowest BCUT2D eigenvalue weighted by Gasteiger charge is -2.41. The minimum absolute atomic E-state index is 0.334. The zero-order valence-corrected chi connectivity index (χ0v) is 14.1. The highest BCUT2D eigenvalue weighted by Crippen LogP contribution is 2.40. The van der Waals surface area contributed by atoms with Gasteiger partial charge in [-0.1, -0.05) is 39.7 Å². The van der Waals surface area contributed by atoms with Gasteiger partial charge in [0.1, 0.15) is 0 Å². The molecule has 0 aromatic carbocycles. The molecule has 1 nitrogen and oxygen atoms in total. The number of hydrogen-bond donors (Lipinski definition) is 0. The van der Waals surface area contributed by atoms with Crippen LogP contribution >= 0.6 is 0 Å². The van der Waals surface area contributed by atoms with Gasteiger partial charge in [-0.15, -0.1) is 6.58 Å². The van der Waals surface area contributed by atoms with Crippen molar-refractivity contribution < 1.29 is 4.43 Å². The summed E-state index contributed by atoms with van der Waals surface area (Å²) in [5, 5.41) is 0.334. The van der Waals surface area contributed by atoms with Crippen molar-refractivity contribution in [1.29, 1.82) is 0 Å². The smallest absolute Gasteiger partial charge is 0.192 e. The third-order valence-electron chi connectivity index (χ3n) is 4.78. The summed E-state index contributed by atoms with van der Waals surface area (Å²) in [6.45, 7) is 15.6. The fourth-order valence-corrected chi connectivity index (χ4v) is 3.96. The summed E-state index contributed by atoms with van der Waals surface area (Å²) in [5.74, 6) is 0.867. The monoisotopic (exact) mass is 268 g/mol. The highest BCUT2D eigenvalue weighted by atomic mass is 28.4. The Bertz CT molecular complexity index is 265. The molecule has 0 radical (unpaired) electrons. The topological polar surface area (TPSA) is 9.23 Å². The van der Waals surface area contributed by atoms with E-state index >= 15 is 0 Å². The second-order valence-electron chi connectivity index (χ2n) is 7.40. The molecule has 0 aromatic heterocycles. The number of hydrogen-bond acceptors (Lipinski definition) is 1. The van der Waals surface area contributed by atoms with Crippen LogP contribution in [0.4, 0.5) is 0 Å². The zero-order chi connectivity index (χ0) is 13.8. The van der Waals surface area contributed by atoms with Crippen molar-refractivity contribution in [2.24, 2.45) is 5.92 Å². The molecule has 2 heteroatoms. The van der Waals surface area contributed by atoms with Crippen LogP contribution in [0.15, 0.2) is 12.7 Å². The van der Waals surface area contributed by atoms with E-state index in [0.29, 0.717) is 11.1 Å². The van der Waals surface area contributed by atoms with Crippen molar-refractivity contribution in [1.82, 2.24) is 0 Å². The highest BCUT2D eigenvalue weighted by molar-refractivity contribution is 6.74. The summed E-state index contributed by atoms with van der Waals surface area (Å²) in [7, 11) is -1.57. The molecule has 0 spiro atoms. The summed E-state index contributed by atoms with van der Waals surface area (Å²) >= 11 is 0. The van der Waals surface area contributed by atoms with E-state index < -0.39 is 8.32 Å². The molecule has 2 atom stereocenters.